The number of aryl methyl sites for hydroxylation is 1. The van der Waals surface area contributed by atoms with Crippen molar-refractivity contribution >= 4 is 27.9 Å². The van der Waals surface area contributed by atoms with E-state index in [1.54, 1.807) is 11.3 Å². The molecule has 17 heavy (non-hydrogen) atoms. The largest absolute Gasteiger partial charge is 0.374 e. The molecule has 0 spiro atoms. The minimum atomic E-state index is 0.337. The van der Waals surface area contributed by atoms with Crippen molar-refractivity contribution in [2.45, 2.75) is 19.8 Å². The Balaban J connectivity index is 2.01. The molecule has 0 radical (unpaired) electrons. The van der Waals surface area contributed by atoms with Crippen LogP contribution in [0.1, 0.15) is 29.1 Å². The number of hydrogen-bond donors (Lipinski definition) is 1. The quantitative estimate of drug-likeness (QED) is 0.922. The van der Waals surface area contributed by atoms with E-state index in [2.05, 4.69) is 27.7 Å². The predicted molar refractivity (Wildman–Crippen MR) is 70.6 cm³/mol. The van der Waals surface area contributed by atoms with Crippen LogP contribution in [-0.2, 0) is 0 Å². The van der Waals surface area contributed by atoms with Crippen LogP contribution < -0.4 is 5.32 Å². The maximum Gasteiger partial charge on any atom is 0.127 e. The van der Waals surface area contributed by atoms with Gasteiger partial charge >= 0.3 is 0 Å². The Morgan fingerprint density at radius 1 is 1.59 bits per heavy atom. The van der Waals surface area contributed by atoms with Crippen LogP contribution in [0.4, 0.5) is 5.00 Å². The topological polar surface area (TPSA) is 61.6 Å². The fourth-order valence-corrected chi connectivity index (χ4v) is 2.88. The van der Waals surface area contributed by atoms with Gasteiger partial charge in [0.15, 0.2) is 0 Å². The number of nitriles is 1. The molecule has 0 aromatic carbocycles. The van der Waals surface area contributed by atoms with Gasteiger partial charge < -0.3 is 5.32 Å². The standard InChI is InChI=1S/C11H12N4S2/c1-7(10-13-3-4-16-10)6-14-11-9(5-12)8(2)15-17-11/h3-4,7,14H,6H2,1-2H3. The summed E-state index contributed by atoms with van der Waals surface area (Å²) in [6, 6.07) is 2.17. The van der Waals surface area contributed by atoms with Crippen molar-refractivity contribution in [2.24, 2.45) is 0 Å². The van der Waals surface area contributed by atoms with Gasteiger partial charge in [0.05, 0.1) is 10.7 Å². The molecule has 6 heteroatoms. The second kappa shape index (κ2) is 5.25. The Kier molecular flexibility index (Phi) is 3.71. The zero-order chi connectivity index (χ0) is 12.3. The molecule has 1 N–H and O–H groups in total. The molecule has 0 saturated carbocycles. The predicted octanol–water partition coefficient (Wildman–Crippen LogP) is 3.00. The first-order valence-corrected chi connectivity index (χ1v) is 6.87. The maximum absolute atomic E-state index is 9.00. The van der Waals surface area contributed by atoms with Crippen LogP contribution >= 0.6 is 22.9 Å². The molecule has 2 aromatic heterocycles. The highest BCUT2D eigenvalue weighted by atomic mass is 32.1. The minimum Gasteiger partial charge on any atom is -0.374 e. The van der Waals surface area contributed by atoms with E-state index in [1.165, 1.54) is 11.5 Å². The number of nitrogens with one attached hydrogen (secondary N) is 1. The summed E-state index contributed by atoms with van der Waals surface area (Å²) in [6.45, 7) is 4.74. The van der Waals surface area contributed by atoms with Gasteiger partial charge in [-0.05, 0) is 18.5 Å². The van der Waals surface area contributed by atoms with E-state index in [1.807, 2.05) is 18.5 Å². The first-order chi connectivity index (χ1) is 8.22. The number of thiazole rings is 1. The monoisotopic (exact) mass is 264 g/mol. The maximum atomic E-state index is 9.00. The van der Waals surface area contributed by atoms with Crippen molar-refractivity contribution in [1.29, 1.82) is 5.26 Å². The van der Waals surface area contributed by atoms with Crippen LogP contribution in [0.15, 0.2) is 11.6 Å². The van der Waals surface area contributed by atoms with Gasteiger partial charge in [0.2, 0.25) is 0 Å². The summed E-state index contributed by atoms with van der Waals surface area (Å²) in [5.74, 6) is 0.337. The normalized spacial score (nSPS) is 12.1. The summed E-state index contributed by atoms with van der Waals surface area (Å²) in [5.41, 5.74) is 1.45. The molecule has 1 unspecified atom stereocenters. The summed E-state index contributed by atoms with van der Waals surface area (Å²) >= 11 is 2.99. The van der Waals surface area contributed by atoms with Crippen LogP contribution in [0.5, 0.6) is 0 Å². The average Bonchev–Trinajstić information content (AvgIpc) is 2.95. The SMILES string of the molecule is Cc1nsc(NCC(C)c2nccs2)c1C#N. The van der Waals surface area contributed by atoms with Gasteiger partial charge in [-0.1, -0.05) is 6.92 Å². The Labute approximate surface area is 108 Å². The highest BCUT2D eigenvalue weighted by Crippen LogP contribution is 2.25. The zero-order valence-corrected chi connectivity index (χ0v) is 11.2. The smallest absolute Gasteiger partial charge is 0.127 e. The molecule has 0 saturated heterocycles. The molecule has 2 aromatic rings. The van der Waals surface area contributed by atoms with Crippen LogP contribution in [0.25, 0.3) is 0 Å². The van der Waals surface area contributed by atoms with Crippen LogP contribution in [0, 0.1) is 18.3 Å². The van der Waals surface area contributed by atoms with Crippen LogP contribution in [-0.4, -0.2) is 15.9 Å². The Bertz CT molecular complexity index is 524. The molecular weight excluding hydrogens is 252 g/mol. The number of anilines is 1. The lowest BCUT2D eigenvalue weighted by Crippen LogP contribution is -2.09. The van der Waals surface area contributed by atoms with Gasteiger partial charge in [0.1, 0.15) is 16.6 Å². The molecule has 0 fully saturated rings. The molecule has 0 aliphatic carbocycles. The third-order valence-corrected chi connectivity index (χ3v) is 4.32. The molecule has 0 amide bonds. The number of hydrogen-bond acceptors (Lipinski definition) is 6. The van der Waals surface area contributed by atoms with E-state index in [9.17, 15) is 0 Å². The Hall–Kier alpha value is -1.45. The van der Waals surface area contributed by atoms with Gasteiger partial charge in [0.25, 0.3) is 0 Å². The second-order valence-corrected chi connectivity index (χ2v) is 5.44. The molecule has 1 atom stereocenters. The second-order valence-electron chi connectivity index (χ2n) is 3.74. The molecule has 0 aliphatic heterocycles. The zero-order valence-electron chi connectivity index (χ0n) is 9.60. The number of aromatic nitrogens is 2. The van der Waals surface area contributed by atoms with E-state index >= 15 is 0 Å². The summed E-state index contributed by atoms with van der Waals surface area (Å²) in [4.78, 5) is 4.28. The van der Waals surface area contributed by atoms with E-state index < -0.39 is 0 Å². The fraction of sp³-hybridized carbons (Fsp3) is 0.364. The van der Waals surface area contributed by atoms with Crippen molar-refractivity contribution in [3.63, 3.8) is 0 Å². The molecule has 4 nitrogen and oxygen atoms in total. The first-order valence-electron chi connectivity index (χ1n) is 5.22. The highest BCUT2D eigenvalue weighted by molar-refractivity contribution is 7.10. The van der Waals surface area contributed by atoms with E-state index in [0.717, 1.165) is 22.2 Å². The van der Waals surface area contributed by atoms with Crippen molar-refractivity contribution in [3.05, 3.63) is 27.8 Å². The van der Waals surface area contributed by atoms with E-state index in [-0.39, 0.29) is 0 Å². The average molecular weight is 264 g/mol. The molecule has 0 aliphatic rings. The van der Waals surface area contributed by atoms with Gasteiger partial charge in [-0.3, -0.25) is 0 Å². The van der Waals surface area contributed by atoms with Crippen molar-refractivity contribution in [2.75, 3.05) is 11.9 Å². The summed E-state index contributed by atoms with van der Waals surface area (Å²) in [5, 5.41) is 16.2. The fourth-order valence-electron chi connectivity index (χ4n) is 1.43. The van der Waals surface area contributed by atoms with Crippen LogP contribution in [0.2, 0.25) is 0 Å². The lowest BCUT2D eigenvalue weighted by atomic mass is 10.2. The van der Waals surface area contributed by atoms with Crippen molar-refractivity contribution in [3.8, 4) is 6.07 Å². The Morgan fingerprint density at radius 3 is 3.06 bits per heavy atom. The lowest BCUT2D eigenvalue weighted by Gasteiger charge is -2.09. The molecular formula is C11H12N4S2. The molecule has 88 valence electrons. The Morgan fingerprint density at radius 2 is 2.41 bits per heavy atom. The third-order valence-electron chi connectivity index (χ3n) is 2.42. The van der Waals surface area contributed by atoms with Crippen LogP contribution in [0.3, 0.4) is 0 Å². The van der Waals surface area contributed by atoms with Gasteiger partial charge in [-0.25, -0.2) is 4.98 Å². The van der Waals surface area contributed by atoms with Gasteiger partial charge in [-0.2, -0.15) is 9.64 Å². The van der Waals surface area contributed by atoms with E-state index in [4.69, 9.17) is 5.26 Å². The molecule has 2 rings (SSSR count). The molecule has 0 bridgehead atoms. The van der Waals surface area contributed by atoms with Crippen molar-refractivity contribution < 1.29 is 0 Å². The lowest BCUT2D eigenvalue weighted by molar-refractivity contribution is 0.796. The third kappa shape index (κ3) is 2.62. The first kappa shape index (κ1) is 12.0. The van der Waals surface area contributed by atoms with Crippen molar-refractivity contribution in [1.82, 2.24) is 9.36 Å². The summed E-state index contributed by atoms with van der Waals surface area (Å²) < 4.78 is 4.17. The number of rotatable bonds is 4. The van der Waals surface area contributed by atoms with E-state index in [0.29, 0.717) is 11.5 Å². The highest BCUT2D eigenvalue weighted by Gasteiger charge is 2.12. The number of nitrogens with zero attached hydrogens (tertiary/aromatic N) is 3. The summed E-state index contributed by atoms with van der Waals surface area (Å²) in [6.07, 6.45) is 1.81. The van der Waals surface area contributed by atoms with Gasteiger partial charge in [-0.15, -0.1) is 11.3 Å². The van der Waals surface area contributed by atoms with Gasteiger partial charge in [0, 0.05) is 24.0 Å². The summed E-state index contributed by atoms with van der Waals surface area (Å²) in [7, 11) is 0. The molecule has 2 heterocycles. The minimum absolute atomic E-state index is 0.337.